The summed E-state index contributed by atoms with van der Waals surface area (Å²) >= 11 is 0. The van der Waals surface area contributed by atoms with E-state index in [1.54, 1.807) is 0 Å². The summed E-state index contributed by atoms with van der Waals surface area (Å²) in [7, 11) is 0. The van der Waals surface area contributed by atoms with E-state index in [4.69, 9.17) is 9.84 Å². The highest BCUT2D eigenvalue weighted by atomic mass is 16.5. The van der Waals surface area contributed by atoms with Gasteiger partial charge in [0.25, 0.3) is 0 Å². The van der Waals surface area contributed by atoms with E-state index in [2.05, 4.69) is 81.2 Å². The van der Waals surface area contributed by atoms with Crippen molar-refractivity contribution < 1.29 is 19.4 Å². The molecule has 5 rings (SSSR count). The number of carboxylic acids is 1. The largest absolute Gasteiger partial charge is 0.481 e. The first kappa shape index (κ1) is 31.8. The Morgan fingerprint density at radius 3 is 1.82 bits per heavy atom. The van der Waals surface area contributed by atoms with Crippen LogP contribution in [0.2, 0.25) is 0 Å². The van der Waals surface area contributed by atoms with E-state index in [1.807, 2.05) is 48.5 Å². The third-order valence-electron chi connectivity index (χ3n) is 8.05. The summed E-state index contributed by atoms with van der Waals surface area (Å²) in [6.45, 7) is 8.91. The van der Waals surface area contributed by atoms with Gasteiger partial charge < -0.3 is 14.8 Å². The Kier molecular flexibility index (Phi) is 10.2. The average molecular weight is 602 g/mol. The number of H-pyrrole nitrogens is 1. The lowest BCUT2D eigenvalue weighted by atomic mass is 9.95. The van der Waals surface area contributed by atoms with Crippen LogP contribution in [0.3, 0.4) is 0 Å². The summed E-state index contributed by atoms with van der Waals surface area (Å²) in [6, 6.07) is 32.4. The number of ether oxygens (including phenoxy) is 1. The predicted molar refractivity (Wildman–Crippen MR) is 181 cm³/mol. The van der Waals surface area contributed by atoms with Crippen LogP contribution < -0.4 is 4.74 Å². The van der Waals surface area contributed by atoms with E-state index >= 15 is 0 Å². The molecule has 0 fully saturated rings. The molecule has 0 aliphatic rings. The second kappa shape index (κ2) is 14.4. The lowest BCUT2D eigenvalue weighted by Crippen LogP contribution is -2.10. The molecule has 0 aliphatic carbocycles. The Morgan fingerprint density at radius 2 is 1.29 bits per heavy atom. The maximum atomic E-state index is 13.9. The normalized spacial score (nSPS) is 11.5. The highest BCUT2D eigenvalue weighted by molar-refractivity contribution is 6.17. The van der Waals surface area contributed by atoms with E-state index < -0.39 is 5.97 Å². The molecule has 0 spiro atoms. The third-order valence-corrected chi connectivity index (χ3v) is 8.05. The summed E-state index contributed by atoms with van der Waals surface area (Å²) in [4.78, 5) is 28.3. The van der Waals surface area contributed by atoms with Crippen LogP contribution in [0.25, 0.3) is 10.9 Å². The highest BCUT2D eigenvalue weighted by Gasteiger charge is 2.21. The average Bonchev–Trinajstić information content (AvgIpc) is 3.38. The molecule has 1 aromatic heterocycles. The number of aryl methyl sites for hydroxylation is 1. The van der Waals surface area contributed by atoms with Crippen molar-refractivity contribution >= 4 is 22.7 Å². The number of nitrogens with one attached hydrogen (secondary N) is 1. The number of benzene rings is 4. The standard InChI is InChI=1S/C40H43NO4/c1-26(2)24-28-12-16-31(17-13-28)40(32-18-14-29(15-19-32)25-27(3)4)45-33-22-20-30(21-23-33)39(44)38-34-8-5-6-9-35(34)41-36(38)10-7-11-37(42)43/h5-6,8-9,12-23,26-27,40-41H,7,10-11,24-25H2,1-4H3,(H,42,43). The molecular weight excluding hydrogens is 558 g/mol. The van der Waals surface area contributed by atoms with Gasteiger partial charge >= 0.3 is 5.97 Å². The van der Waals surface area contributed by atoms with Gasteiger partial charge in [-0.1, -0.05) is 94.4 Å². The van der Waals surface area contributed by atoms with Gasteiger partial charge in [0, 0.05) is 28.6 Å². The zero-order valence-corrected chi connectivity index (χ0v) is 26.7. The quantitative estimate of drug-likeness (QED) is 0.124. The zero-order valence-electron chi connectivity index (χ0n) is 26.7. The Bertz CT molecular complexity index is 1680. The number of aliphatic carboxylic acids is 1. The van der Waals surface area contributed by atoms with E-state index in [0.29, 0.717) is 41.6 Å². The highest BCUT2D eigenvalue weighted by Crippen LogP contribution is 2.31. The van der Waals surface area contributed by atoms with Crippen LogP contribution in [0.5, 0.6) is 5.75 Å². The first-order valence-corrected chi connectivity index (χ1v) is 16.0. The molecule has 0 unspecified atom stereocenters. The van der Waals surface area contributed by atoms with Gasteiger partial charge in [-0.05, 0) is 90.1 Å². The first-order valence-electron chi connectivity index (χ1n) is 16.0. The SMILES string of the molecule is CC(C)Cc1ccc(C(Oc2ccc(C(=O)c3c(CCCC(=O)O)[nH]c4ccccc34)cc2)c2ccc(CC(C)C)cc2)cc1. The van der Waals surface area contributed by atoms with Crippen LogP contribution in [-0.2, 0) is 24.1 Å². The number of hydrogen-bond acceptors (Lipinski definition) is 3. The van der Waals surface area contributed by atoms with Crippen LogP contribution in [0, 0.1) is 11.8 Å². The molecule has 0 amide bonds. The van der Waals surface area contributed by atoms with E-state index in [1.165, 1.54) is 11.1 Å². The molecule has 1 heterocycles. The predicted octanol–water partition coefficient (Wildman–Crippen LogP) is 9.37. The van der Waals surface area contributed by atoms with Crippen molar-refractivity contribution in [2.24, 2.45) is 11.8 Å². The summed E-state index contributed by atoms with van der Waals surface area (Å²) < 4.78 is 6.65. The Morgan fingerprint density at radius 1 is 0.733 bits per heavy atom. The second-order valence-corrected chi connectivity index (χ2v) is 12.8. The molecule has 5 aromatic rings. The summed E-state index contributed by atoms with van der Waals surface area (Å²) in [5, 5.41) is 9.96. The summed E-state index contributed by atoms with van der Waals surface area (Å²) in [5.74, 6) is 0.910. The molecule has 0 saturated heterocycles. The fourth-order valence-electron chi connectivity index (χ4n) is 5.95. The van der Waals surface area contributed by atoms with Gasteiger partial charge in [0.2, 0.25) is 0 Å². The van der Waals surface area contributed by atoms with E-state index in [9.17, 15) is 9.59 Å². The van der Waals surface area contributed by atoms with Crippen molar-refractivity contribution in [2.45, 2.75) is 65.9 Å². The lowest BCUT2D eigenvalue weighted by molar-refractivity contribution is -0.137. The lowest BCUT2D eigenvalue weighted by Gasteiger charge is -2.21. The van der Waals surface area contributed by atoms with Gasteiger partial charge in [0.15, 0.2) is 5.78 Å². The maximum Gasteiger partial charge on any atom is 0.303 e. The maximum absolute atomic E-state index is 13.9. The number of aromatic amines is 1. The number of hydrogen-bond donors (Lipinski definition) is 2. The molecule has 0 aliphatic heterocycles. The minimum Gasteiger partial charge on any atom is -0.481 e. The van der Waals surface area contributed by atoms with Crippen LogP contribution in [0.15, 0.2) is 97.1 Å². The topological polar surface area (TPSA) is 79.4 Å². The van der Waals surface area contributed by atoms with Crippen molar-refractivity contribution in [2.75, 3.05) is 0 Å². The molecule has 45 heavy (non-hydrogen) atoms. The van der Waals surface area contributed by atoms with Crippen LogP contribution in [0.1, 0.15) is 90.5 Å². The van der Waals surface area contributed by atoms with Crippen molar-refractivity contribution in [1.29, 1.82) is 0 Å². The van der Waals surface area contributed by atoms with Gasteiger partial charge in [-0.3, -0.25) is 9.59 Å². The van der Waals surface area contributed by atoms with Gasteiger partial charge in [0.05, 0.1) is 5.56 Å². The third kappa shape index (κ3) is 8.10. The number of rotatable bonds is 14. The molecule has 2 N–H and O–H groups in total. The van der Waals surface area contributed by atoms with Gasteiger partial charge in [0.1, 0.15) is 11.9 Å². The number of aromatic nitrogens is 1. The molecule has 0 radical (unpaired) electrons. The molecule has 4 aromatic carbocycles. The minimum absolute atomic E-state index is 0.0527. The molecule has 0 bridgehead atoms. The number of carboxylic acid groups (broad SMARTS) is 1. The number of fused-ring (bicyclic) bond motifs is 1. The summed E-state index contributed by atoms with van der Waals surface area (Å²) in [5.41, 5.74) is 7.56. The van der Waals surface area contributed by atoms with Crippen molar-refractivity contribution in [3.63, 3.8) is 0 Å². The smallest absolute Gasteiger partial charge is 0.303 e. The van der Waals surface area contributed by atoms with E-state index in [0.717, 1.165) is 40.6 Å². The number of carbonyl (C=O) groups is 2. The first-order chi connectivity index (χ1) is 21.7. The molecule has 232 valence electrons. The molecule has 5 heteroatoms. The Labute approximate surface area is 266 Å². The number of para-hydroxylation sites is 1. The zero-order chi connectivity index (χ0) is 31.9. The minimum atomic E-state index is -0.842. The van der Waals surface area contributed by atoms with Crippen molar-refractivity contribution in [3.05, 3.63) is 136 Å². The van der Waals surface area contributed by atoms with Crippen molar-refractivity contribution in [1.82, 2.24) is 4.98 Å². The van der Waals surface area contributed by atoms with Crippen molar-refractivity contribution in [3.8, 4) is 5.75 Å². The monoisotopic (exact) mass is 601 g/mol. The Hall–Kier alpha value is -4.64. The molecule has 0 atom stereocenters. The second-order valence-electron chi connectivity index (χ2n) is 12.8. The number of carbonyl (C=O) groups excluding carboxylic acids is 1. The van der Waals surface area contributed by atoms with E-state index in [-0.39, 0.29) is 18.3 Å². The summed E-state index contributed by atoms with van der Waals surface area (Å²) in [6.07, 6.45) is 2.75. The molecule has 0 saturated carbocycles. The van der Waals surface area contributed by atoms with Gasteiger partial charge in [-0.25, -0.2) is 0 Å². The van der Waals surface area contributed by atoms with Crippen LogP contribution in [-0.4, -0.2) is 21.8 Å². The fourth-order valence-corrected chi connectivity index (χ4v) is 5.95. The van der Waals surface area contributed by atoms with Crippen LogP contribution >= 0.6 is 0 Å². The Balaban J connectivity index is 1.41. The molecular formula is C40H43NO4. The number of ketones is 1. The van der Waals surface area contributed by atoms with Gasteiger partial charge in [-0.2, -0.15) is 0 Å². The van der Waals surface area contributed by atoms with Crippen LogP contribution in [0.4, 0.5) is 0 Å². The van der Waals surface area contributed by atoms with Gasteiger partial charge in [-0.15, -0.1) is 0 Å². The fraction of sp³-hybridized carbons (Fsp3) is 0.300. The molecule has 5 nitrogen and oxygen atoms in total.